The highest BCUT2D eigenvalue weighted by atomic mass is 35.5. The number of nitrogens with zero attached hydrogens (tertiary/aromatic N) is 1. The minimum atomic E-state index is -3.75. The summed E-state index contributed by atoms with van der Waals surface area (Å²) in [4.78, 5) is 12.9. The molecule has 1 aliphatic heterocycles. The molecule has 160 valence electrons. The van der Waals surface area contributed by atoms with Crippen LogP contribution in [0, 0.1) is 5.92 Å². The Morgan fingerprint density at radius 1 is 1.00 bits per heavy atom. The van der Waals surface area contributed by atoms with E-state index >= 15 is 0 Å². The Hall–Kier alpha value is -1.60. The summed E-state index contributed by atoms with van der Waals surface area (Å²) in [6, 6.07) is 12.9. The van der Waals surface area contributed by atoms with Gasteiger partial charge in [-0.1, -0.05) is 53.5 Å². The first-order chi connectivity index (χ1) is 14.4. The Morgan fingerprint density at radius 2 is 1.73 bits per heavy atom. The highest BCUT2D eigenvalue weighted by molar-refractivity contribution is 7.89. The van der Waals surface area contributed by atoms with Crippen molar-refractivity contribution in [2.75, 3.05) is 13.1 Å². The molecule has 1 fully saturated rings. The van der Waals surface area contributed by atoms with E-state index in [-0.39, 0.29) is 45.9 Å². The molecule has 4 rings (SSSR count). The molecule has 1 heterocycles. The van der Waals surface area contributed by atoms with Crippen LogP contribution in [0.4, 0.5) is 0 Å². The maximum Gasteiger partial charge on any atom is 0.244 e. The van der Waals surface area contributed by atoms with Gasteiger partial charge < -0.3 is 5.32 Å². The number of nitrogens with one attached hydrogen (secondary N) is 1. The molecule has 0 spiro atoms. The molecule has 2 aromatic rings. The summed E-state index contributed by atoms with van der Waals surface area (Å²) >= 11 is 12.1. The molecule has 0 aromatic heterocycles. The SMILES string of the molecule is O=C(N[C@H]1CCCc2ccccc21)C1CCN(S(=O)(=O)c2cccc(Cl)c2Cl)CC1. The van der Waals surface area contributed by atoms with Crippen molar-refractivity contribution in [3.05, 3.63) is 63.6 Å². The number of sulfonamides is 1. The number of rotatable bonds is 4. The summed E-state index contributed by atoms with van der Waals surface area (Å²) in [5.74, 6) is -0.185. The van der Waals surface area contributed by atoms with Gasteiger partial charge in [-0.25, -0.2) is 8.42 Å². The van der Waals surface area contributed by atoms with E-state index in [2.05, 4.69) is 17.4 Å². The number of fused-ring (bicyclic) bond motifs is 1. The van der Waals surface area contributed by atoms with Gasteiger partial charge in [0.05, 0.1) is 16.1 Å². The molecular weight excluding hydrogens is 443 g/mol. The average Bonchev–Trinajstić information content (AvgIpc) is 2.76. The third kappa shape index (κ3) is 4.24. The average molecular weight is 467 g/mol. The second-order valence-electron chi connectivity index (χ2n) is 7.88. The lowest BCUT2D eigenvalue weighted by atomic mass is 9.87. The lowest BCUT2D eigenvalue weighted by Crippen LogP contribution is -2.44. The number of carbonyl (C=O) groups excluding carboxylic acids is 1. The predicted molar refractivity (Wildman–Crippen MR) is 118 cm³/mol. The normalized spacial score (nSPS) is 20.5. The van der Waals surface area contributed by atoms with Crippen LogP contribution in [0.25, 0.3) is 0 Å². The summed E-state index contributed by atoms with van der Waals surface area (Å²) in [6.45, 7) is 0.565. The Labute approximate surface area is 187 Å². The van der Waals surface area contributed by atoms with E-state index in [0.717, 1.165) is 19.3 Å². The summed E-state index contributed by atoms with van der Waals surface area (Å²) < 4.78 is 27.3. The van der Waals surface area contributed by atoms with Gasteiger partial charge in [0.1, 0.15) is 4.90 Å². The molecule has 1 amide bonds. The monoisotopic (exact) mass is 466 g/mol. The van der Waals surface area contributed by atoms with Gasteiger partial charge in [-0.3, -0.25) is 4.79 Å². The standard InChI is InChI=1S/C22H24Cl2N2O3S/c23-18-8-4-10-20(21(18)24)30(28,29)26-13-11-16(12-14-26)22(27)25-19-9-3-6-15-5-1-2-7-17(15)19/h1-2,4-5,7-8,10,16,19H,3,6,9,11-14H2,(H,25,27)/t19-/m0/s1. The Balaban J connectivity index is 1.40. The molecule has 0 unspecified atom stereocenters. The molecule has 5 nitrogen and oxygen atoms in total. The van der Waals surface area contributed by atoms with Crippen LogP contribution < -0.4 is 5.32 Å². The lowest BCUT2D eigenvalue weighted by molar-refractivity contribution is -0.127. The fourth-order valence-corrected chi connectivity index (χ4v) is 6.58. The summed E-state index contributed by atoms with van der Waals surface area (Å²) in [7, 11) is -3.75. The first kappa shape index (κ1) is 21.6. The van der Waals surface area contributed by atoms with Crippen LogP contribution >= 0.6 is 23.2 Å². The van der Waals surface area contributed by atoms with E-state index in [1.807, 2.05) is 12.1 Å². The number of carbonyl (C=O) groups is 1. The largest absolute Gasteiger partial charge is 0.349 e. The maximum atomic E-state index is 13.0. The van der Waals surface area contributed by atoms with Crippen LogP contribution in [0.5, 0.6) is 0 Å². The third-order valence-electron chi connectivity index (χ3n) is 6.04. The van der Waals surface area contributed by atoms with E-state index in [1.54, 1.807) is 12.1 Å². The van der Waals surface area contributed by atoms with Gasteiger partial charge in [-0.05, 0) is 55.4 Å². The predicted octanol–water partition coefficient (Wildman–Crippen LogP) is 4.59. The molecule has 2 aliphatic rings. The number of halogens is 2. The number of benzene rings is 2. The first-order valence-electron chi connectivity index (χ1n) is 10.2. The molecule has 30 heavy (non-hydrogen) atoms. The van der Waals surface area contributed by atoms with Gasteiger partial charge in [0.15, 0.2) is 0 Å². The number of piperidine rings is 1. The minimum Gasteiger partial charge on any atom is -0.349 e. The Kier molecular flexibility index (Phi) is 6.39. The molecule has 1 saturated heterocycles. The number of aryl methyl sites for hydroxylation is 1. The van der Waals surface area contributed by atoms with Crippen LogP contribution in [0.3, 0.4) is 0 Å². The van der Waals surface area contributed by atoms with Gasteiger partial charge in [0.2, 0.25) is 15.9 Å². The molecule has 1 N–H and O–H groups in total. The van der Waals surface area contributed by atoms with Gasteiger partial charge in [-0.15, -0.1) is 0 Å². The second-order valence-corrected chi connectivity index (χ2v) is 10.6. The summed E-state index contributed by atoms with van der Waals surface area (Å²) in [5, 5.41) is 3.45. The van der Waals surface area contributed by atoms with Crippen molar-refractivity contribution in [1.29, 1.82) is 0 Å². The van der Waals surface area contributed by atoms with Crippen LogP contribution in [0.1, 0.15) is 42.9 Å². The minimum absolute atomic E-state index is 0.00883. The molecule has 1 atom stereocenters. The van der Waals surface area contributed by atoms with Crippen molar-refractivity contribution in [3.8, 4) is 0 Å². The first-order valence-corrected chi connectivity index (χ1v) is 12.4. The third-order valence-corrected chi connectivity index (χ3v) is 8.92. The van der Waals surface area contributed by atoms with Crippen molar-refractivity contribution in [3.63, 3.8) is 0 Å². The molecule has 1 aliphatic carbocycles. The zero-order chi connectivity index (χ0) is 21.3. The number of hydrogen-bond donors (Lipinski definition) is 1. The topological polar surface area (TPSA) is 66.5 Å². The zero-order valence-electron chi connectivity index (χ0n) is 16.5. The van der Waals surface area contributed by atoms with E-state index < -0.39 is 10.0 Å². The molecule has 0 radical (unpaired) electrons. The van der Waals surface area contributed by atoms with Crippen LogP contribution in [0.2, 0.25) is 10.0 Å². The smallest absolute Gasteiger partial charge is 0.244 e. The maximum absolute atomic E-state index is 13.0. The van der Waals surface area contributed by atoms with Crippen molar-refractivity contribution < 1.29 is 13.2 Å². The van der Waals surface area contributed by atoms with Gasteiger partial charge in [-0.2, -0.15) is 4.31 Å². The zero-order valence-corrected chi connectivity index (χ0v) is 18.8. The molecular formula is C22H24Cl2N2O3S. The quantitative estimate of drug-likeness (QED) is 0.716. The van der Waals surface area contributed by atoms with Crippen LogP contribution in [-0.2, 0) is 21.2 Å². The van der Waals surface area contributed by atoms with E-state index in [9.17, 15) is 13.2 Å². The fourth-order valence-electron chi connectivity index (χ4n) is 4.37. The number of hydrogen-bond acceptors (Lipinski definition) is 3. The lowest BCUT2D eigenvalue weighted by Gasteiger charge is -2.33. The van der Waals surface area contributed by atoms with Crippen molar-refractivity contribution in [2.45, 2.75) is 43.0 Å². The summed E-state index contributed by atoms with van der Waals surface area (Å²) in [5.41, 5.74) is 2.50. The van der Waals surface area contributed by atoms with E-state index in [1.165, 1.54) is 21.5 Å². The van der Waals surface area contributed by atoms with Crippen LogP contribution in [0.15, 0.2) is 47.4 Å². The van der Waals surface area contributed by atoms with Gasteiger partial charge in [0, 0.05) is 19.0 Å². The van der Waals surface area contributed by atoms with E-state index in [0.29, 0.717) is 12.8 Å². The Bertz CT molecular complexity index is 1050. The molecule has 2 aromatic carbocycles. The van der Waals surface area contributed by atoms with Crippen molar-refractivity contribution in [1.82, 2.24) is 9.62 Å². The highest BCUT2D eigenvalue weighted by Gasteiger charge is 2.34. The van der Waals surface area contributed by atoms with Crippen molar-refractivity contribution >= 4 is 39.1 Å². The highest BCUT2D eigenvalue weighted by Crippen LogP contribution is 2.33. The Morgan fingerprint density at radius 3 is 2.50 bits per heavy atom. The fraction of sp³-hybridized carbons (Fsp3) is 0.409. The molecule has 0 bridgehead atoms. The molecule has 0 saturated carbocycles. The number of amides is 1. The molecule has 8 heteroatoms. The van der Waals surface area contributed by atoms with Gasteiger partial charge >= 0.3 is 0 Å². The summed E-state index contributed by atoms with van der Waals surface area (Å²) in [6.07, 6.45) is 4.00. The van der Waals surface area contributed by atoms with Crippen LogP contribution in [-0.4, -0.2) is 31.7 Å². The van der Waals surface area contributed by atoms with Gasteiger partial charge in [0.25, 0.3) is 0 Å². The second kappa shape index (κ2) is 8.87. The van der Waals surface area contributed by atoms with Crippen molar-refractivity contribution in [2.24, 2.45) is 5.92 Å². The van der Waals surface area contributed by atoms with E-state index in [4.69, 9.17) is 23.2 Å².